The fourth-order valence-corrected chi connectivity index (χ4v) is 1.67. The van der Waals surface area contributed by atoms with Gasteiger partial charge in [0.15, 0.2) is 5.76 Å². The molecule has 0 saturated carbocycles. The highest BCUT2D eigenvalue weighted by Crippen LogP contribution is 2.29. The van der Waals surface area contributed by atoms with Gasteiger partial charge in [-0.1, -0.05) is 5.16 Å². The SMILES string of the molecule is NC1CCCc2c(CO)noc21. The lowest BCUT2D eigenvalue weighted by Gasteiger charge is -2.15. The van der Waals surface area contributed by atoms with Crippen LogP contribution in [0.3, 0.4) is 0 Å². The van der Waals surface area contributed by atoms with Gasteiger partial charge in [0.1, 0.15) is 5.69 Å². The van der Waals surface area contributed by atoms with Crippen molar-refractivity contribution in [2.75, 3.05) is 0 Å². The Kier molecular flexibility index (Phi) is 1.86. The van der Waals surface area contributed by atoms with Gasteiger partial charge in [0, 0.05) is 5.56 Å². The van der Waals surface area contributed by atoms with Crippen molar-refractivity contribution in [2.45, 2.75) is 31.9 Å². The van der Waals surface area contributed by atoms with Crippen LogP contribution in [-0.2, 0) is 13.0 Å². The zero-order valence-corrected chi connectivity index (χ0v) is 6.79. The van der Waals surface area contributed by atoms with Gasteiger partial charge in [0.2, 0.25) is 0 Å². The Morgan fingerprint density at radius 3 is 3.25 bits per heavy atom. The van der Waals surface area contributed by atoms with Gasteiger partial charge in [-0.05, 0) is 19.3 Å². The number of nitrogens with two attached hydrogens (primary N) is 1. The molecular formula is C8H12N2O2. The number of hydrogen-bond donors (Lipinski definition) is 2. The molecule has 0 amide bonds. The first-order valence-electron chi connectivity index (χ1n) is 4.16. The molecule has 1 aliphatic carbocycles. The van der Waals surface area contributed by atoms with Crippen molar-refractivity contribution in [3.05, 3.63) is 17.0 Å². The number of rotatable bonds is 1. The van der Waals surface area contributed by atoms with Crippen LogP contribution in [0.15, 0.2) is 4.52 Å². The van der Waals surface area contributed by atoms with Crippen LogP contribution in [0.25, 0.3) is 0 Å². The van der Waals surface area contributed by atoms with E-state index in [-0.39, 0.29) is 12.6 Å². The van der Waals surface area contributed by atoms with Crippen LogP contribution in [0.1, 0.15) is 35.9 Å². The lowest BCUT2D eigenvalue weighted by Crippen LogP contribution is -2.16. The van der Waals surface area contributed by atoms with Gasteiger partial charge < -0.3 is 15.4 Å². The molecule has 1 unspecified atom stereocenters. The molecule has 0 aliphatic heterocycles. The third-order valence-electron chi connectivity index (χ3n) is 2.33. The summed E-state index contributed by atoms with van der Waals surface area (Å²) >= 11 is 0. The summed E-state index contributed by atoms with van der Waals surface area (Å²) in [5.74, 6) is 0.769. The molecule has 0 saturated heterocycles. The average Bonchev–Trinajstić information content (AvgIpc) is 2.49. The number of fused-ring (bicyclic) bond motifs is 1. The molecule has 12 heavy (non-hydrogen) atoms. The van der Waals surface area contributed by atoms with E-state index in [0.29, 0.717) is 5.69 Å². The predicted octanol–water partition coefficient (Wildman–Crippen LogP) is 0.503. The molecular weight excluding hydrogens is 156 g/mol. The van der Waals surface area contributed by atoms with Gasteiger partial charge in [0.25, 0.3) is 0 Å². The third-order valence-corrected chi connectivity index (χ3v) is 2.33. The van der Waals surface area contributed by atoms with Crippen LogP contribution < -0.4 is 5.73 Å². The highest BCUT2D eigenvalue weighted by molar-refractivity contribution is 5.27. The zero-order chi connectivity index (χ0) is 8.55. The second-order valence-electron chi connectivity index (χ2n) is 3.13. The van der Waals surface area contributed by atoms with E-state index in [1.54, 1.807) is 0 Å². The van der Waals surface area contributed by atoms with Crippen LogP contribution >= 0.6 is 0 Å². The van der Waals surface area contributed by atoms with Crippen LogP contribution in [-0.4, -0.2) is 10.3 Å². The first-order chi connectivity index (χ1) is 5.83. The zero-order valence-electron chi connectivity index (χ0n) is 6.79. The molecule has 1 aromatic rings. The van der Waals surface area contributed by atoms with Crippen LogP contribution in [0.5, 0.6) is 0 Å². The van der Waals surface area contributed by atoms with E-state index in [1.165, 1.54) is 0 Å². The Morgan fingerprint density at radius 2 is 2.50 bits per heavy atom. The largest absolute Gasteiger partial charge is 0.390 e. The Hall–Kier alpha value is -0.870. The minimum atomic E-state index is -0.0500. The lowest BCUT2D eigenvalue weighted by molar-refractivity contribution is 0.264. The molecule has 0 aromatic carbocycles. The molecule has 1 aromatic heterocycles. The van der Waals surface area contributed by atoms with E-state index in [9.17, 15) is 0 Å². The van der Waals surface area contributed by atoms with E-state index in [2.05, 4.69) is 5.16 Å². The summed E-state index contributed by atoms with van der Waals surface area (Å²) in [6.45, 7) is -0.0500. The monoisotopic (exact) mass is 168 g/mol. The fourth-order valence-electron chi connectivity index (χ4n) is 1.67. The minimum absolute atomic E-state index is 0.0263. The van der Waals surface area contributed by atoms with Crippen molar-refractivity contribution in [3.8, 4) is 0 Å². The number of nitrogens with zero attached hydrogens (tertiary/aromatic N) is 1. The molecule has 4 nitrogen and oxygen atoms in total. The van der Waals surface area contributed by atoms with Gasteiger partial charge in [-0.2, -0.15) is 0 Å². The maximum atomic E-state index is 8.91. The van der Waals surface area contributed by atoms with E-state index in [0.717, 1.165) is 30.6 Å². The van der Waals surface area contributed by atoms with E-state index >= 15 is 0 Å². The quantitative estimate of drug-likeness (QED) is 0.640. The van der Waals surface area contributed by atoms with Gasteiger partial charge in [-0.25, -0.2) is 0 Å². The Labute approximate surface area is 70.3 Å². The predicted molar refractivity (Wildman–Crippen MR) is 42.3 cm³/mol. The molecule has 0 spiro atoms. The maximum absolute atomic E-state index is 8.91. The van der Waals surface area contributed by atoms with E-state index in [4.69, 9.17) is 15.4 Å². The van der Waals surface area contributed by atoms with E-state index in [1.807, 2.05) is 0 Å². The van der Waals surface area contributed by atoms with Crippen molar-refractivity contribution < 1.29 is 9.63 Å². The summed E-state index contributed by atoms with van der Waals surface area (Å²) < 4.78 is 5.06. The molecule has 0 bridgehead atoms. The Balaban J connectivity index is 2.41. The summed E-state index contributed by atoms with van der Waals surface area (Å²) in [6, 6.07) is -0.0263. The van der Waals surface area contributed by atoms with Crippen LogP contribution in [0.4, 0.5) is 0 Å². The minimum Gasteiger partial charge on any atom is -0.390 e. The highest BCUT2D eigenvalue weighted by atomic mass is 16.5. The number of aliphatic hydroxyl groups excluding tert-OH is 1. The van der Waals surface area contributed by atoms with Gasteiger partial charge >= 0.3 is 0 Å². The summed E-state index contributed by atoms with van der Waals surface area (Å²) in [5, 5.41) is 12.7. The standard InChI is InChI=1S/C8H12N2O2/c9-6-3-1-2-5-7(4-11)10-12-8(5)6/h6,11H,1-4,9H2. The molecule has 0 radical (unpaired) electrons. The number of hydrogen-bond acceptors (Lipinski definition) is 4. The smallest absolute Gasteiger partial charge is 0.156 e. The molecule has 1 heterocycles. The first kappa shape index (κ1) is 7.76. The van der Waals surface area contributed by atoms with Crippen molar-refractivity contribution in [3.63, 3.8) is 0 Å². The highest BCUT2D eigenvalue weighted by Gasteiger charge is 2.24. The fraction of sp³-hybridized carbons (Fsp3) is 0.625. The summed E-state index contributed by atoms with van der Waals surface area (Å²) in [6.07, 6.45) is 2.94. The molecule has 3 N–H and O–H groups in total. The van der Waals surface area contributed by atoms with Gasteiger partial charge in [-0.3, -0.25) is 0 Å². The maximum Gasteiger partial charge on any atom is 0.156 e. The van der Waals surface area contributed by atoms with Gasteiger partial charge in [0.05, 0.1) is 12.6 Å². The van der Waals surface area contributed by atoms with Crippen molar-refractivity contribution in [2.24, 2.45) is 5.73 Å². The van der Waals surface area contributed by atoms with Crippen molar-refractivity contribution >= 4 is 0 Å². The normalized spacial score (nSPS) is 22.3. The third kappa shape index (κ3) is 1.04. The average molecular weight is 168 g/mol. The lowest BCUT2D eigenvalue weighted by atomic mass is 9.93. The topological polar surface area (TPSA) is 72.3 Å². The molecule has 1 atom stereocenters. The number of aliphatic hydroxyl groups is 1. The second kappa shape index (κ2) is 2.88. The summed E-state index contributed by atoms with van der Waals surface area (Å²) in [4.78, 5) is 0. The summed E-state index contributed by atoms with van der Waals surface area (Å²) in [7, 11) is 0. The first-order valence-corrected chi connectivity index (χ1v) is 4.16. The molecule has 0 fully saturated rings. The van der Waals surface area contributed by atoms with Gasteiger partial charge in [-0.15, -0.1) is 0 Å². The Morgan fingerprint density at radius 1 is 1.67 bits per heavy atom. The van der Waals surface area contributed by atoms with Crippen molar-refractivity contribution in [1.29, 1.82) is 0 Å². The van der Waals surface area contributed by atoms with Crippen LogP contribution in [0.2, 0.25) is 0 Å². The van der Waals surface area contributed by atoms with Crippen LogP contribution in [0, 0.1) is 0 Å². The number of aromatic nitrogens is 1. The van der Waals surface area contributed by atoms with E-state index < -0.39 is 0 Å². The Bertz CT molecular complexity index is 283. The molecule has 2 rings (SSSR count). The molecule has 66 valence electrons. The molecule has 4 heteroatoms. The van der Waals surface area contributed by atoms with Crippen molar-refractivity contribution in [1.82, 2.24) is 5.16 Å². The summed E-state index contributed by atoms with van der Waals surface area (Å²) in [5.41, 5.74) is 7.48. The second-order valence-corrected chi connectivity index (χ2v) is 3.13. The molecule has 1 aliphatic rings.